The van der Waals surface area contributed by atoms with E-state index < -0.39 is 11.6 Å². The second kappa shape index (κ2) is 12.1. The Morgan fingerprint density at radius 3 is 1.67 bits per heavy atom. The van der Waals surface area contributed by atoms with Gasteiger partial charge in [0, 0.05) is 7.11 Å². The molecule has 0 spiro atoms. The summed E-state index contributed by atoms with van der Waals surface area (Å²) < 4.78 is 36.0. The molecule has 3 fully saturated rings. The lowest BCUT2D eigenvalue weighted by Gasteiger charge is -2.37. The van der Waals surface area contributed by atoms with Crippen LogP contribution in [0.1, 0.15) is 133 Å². The zero-order chi connectivity index (χ0) is 23.2. The van der Waals surface area contributed by atoms with E-state index in [-0.39, 0.29) is 11.8 Å². The molecule has 0 aromatic heterocycles. The van der Waals surface area contributed by atoms with Gasteiger partial charge in [-0.2, -0.15) is 0 Å². The van der Waals surface area contributed by atoms with Gasteiger partial charge in [-0.1, -0.05) is 44.7 Å². The summed E-state index contributed by atoms with van der Waals surface area (Å²) in [5.41, 5.74) is 1.29. The predicted molar refractivity (Wildman–Crippen MR) is 133 cm³/mol. The number of hydrogen-bond donors (Lipinski definition) is 0. The number of methoxy groups -OCH3 is 1. The highest BCUT2D eigenvalue weighted by Crippen LogP contribution is 2.45. The van der Waals surface area contributed by atoms with Crippen LogP contribution in [-0.2, 0) is 4.74 Å². The molecule has 1 nitrogen and oxygen atoms in total. The Hall–Kier alpha value is -0.960. The molecule has 0 heterocycles. The third-order valence-corrected chi connectivity index (χ3v) is 9.58. The van der Waals surface area contributed by atoms with Crippen molar-refractivity contribution >= 4 is 0 Å². The lowest BCUT2D eigenvalue weighted by molar-refractivity contribution is 0.0410. The topological polar surface area (TPSA) is 9.23 Å². The summed E-state index contributed by atoms with van der Waals surface area (Å²) in [5.74, 6) is 1.67. The van der Waals surface area contributed by atoms with Gasteiger partial charge in [0.25, 0.3) is 0 Å². The van der Waals surface area contributed by atoms with Crippen LogP contribution < -0.4 is 0 Å². The molecule has 1 aromatic rings. The molecule has 186 valence electrons. The summed E-state index contributed by atoms with van der Waals surface area (Å²) in [6, 6.07) is 3.88. The molecule has 0 unspecified atom stereocenters. The van der Waals surface area contributed by atoms with Crippen molar-refractivity contribution < 1.29 is 13.5 Å². The fourth-order valence-electron chi connectivity index (χ4n) is 7.35. The van der Waals surface area contributed by atoms with Crippen LogP contribution in [0.15, 0.2) is 12.1 Å². The first-order valence-corrected chi connectivity index (χ1v) is 14.1. The van der Waals surface area contributed by atoms with E-state index in [4.69, 9.17) is 4.74 Å². The molecule has 4 rings (SSSR count). The first-order valence-electron chi connectivity index (χ1n) is 14.1. The molecular formula is C30H46F2O. The van der Waals surface area contributed by atoms with E-state index >= 15 is 8.78 Å². The Morgan fingerprint density at radius 2 is 1.18 bits per heavy atom. The van der Waals surface area contributed by atoms with Crippen LogP contribution in [0.3, 0.4) is 0 Å². The minimum atomic E-state index is -0.540. The Bertz CT molecular complexity index is 723. The first-order chi connectivity index (χ1) is 16.1. The lowest BCUT2D eigenvalue weighted by Crippen LogP contribution is -2.28. The molecule has 3 heteroatoms. The smallest absolute Gasteiger partial charge is 0.162 e. The fourth-order valence-corrected chi connectivity index (χ4v) is 7.35. The molecule has 3 saturated carbocycles. The van der Waals surface area contributed by atoms with Crippen LogP contribution in [-0.4, -0.2) is 13.2 Å². The van der Waals surface area contributed by atoms with E-state index in [1.165, 1.54) is 64.2 Å². The fraction of sp³-hybridized carbons (Fsp3) is 0.800. The monoisotopic (exact) mass is 460 g/mol. The molecule has 0 N–H and O–H groups in total. The first kappa shape index (κ1) is 25.1. The van der Waals surface area contributed by atoms with E-state index in [1.54, 1.807) is 0 Å². The Balaban J connectivity index is 1.30. The van der Waals surface area contributed by atoms with Gasteiger partial charge < -0.3 is 4.74 Å². The maximum atomic E-state index is 15.2. The average Bonchev–Trinajstić information content (AvgIpc) is 2.87. The van der Waals surface area contributed by atoms with Crippen molar-refractivity contribution in [1.82, 2.24) is 0 Å². The molecule has 0 atom stereocenters. The largest absolute Gasteiger partial charge is 0.381 e. The SMILES string of the molecule is CCCCCC1CCC(c2ccc(C3CCC(C4CCC(OC)CC4)CC3)c(F)c2F)CC1. The highest BCUT2D eigenvalue weighted by molar-refractivity contribution is 5.32. The minimum absolute atomic E-state index is 0.189. The molecule has 3 aliphatic rings. The van der Waals surface area contributed by atoms with E-state index in [1.807, 2.05) is 19.2 Å². The van der Waals surface area contributed by atoms with Crippen LogP contribution in [0.2, 0.25) is 0 Å². The molecule has 0 bridgehead atoms. The summed E-state index contributed by atoms with van der Waals surface area (Å²) in [6.07, 6.45) is 19.3. The summed E-state index contributed by atoms with van der Waals surface area (Å²) in [6.45, 7) is 2.25. The van der Waals surface area contributed by atoms with Gasteiger partial charge >= 0.3 is 0 Å². The number of hydrogen-bond acceptors (Lipinski definition) is 1. The van der Waals surface area contributed by atoms with Crippen molar-refractivity contribution in [2.24, 2.45) is 17.8 Å². The molecule has 33 heavy (non-hydrogen) atoms. The van der Waals surface area contributed by atoms with Crippen molar-refractivity contribution in [2.75, 3.05) is 7.11 Å². The number of rotatable bonds is 8. The van der Waals surface area contributed by atoms with Gasteiger partial charge in [-0.3, -0.25) is 0 Å². The van der Waals surface area contributed by atoms with Gasteiger partial charge in [-0.15, -0.1) is 0 Å². The number of ether oxygens (including phenoxy) is 1. The number of halogens is 2. The zero-order valence-corrected chi connectivity index (χ0v) is 21.1. The normalized spacial score (nSPS) is 33.2. The maximum Gasteiger partial charge on any atom is 0.162 e. The minimum Gasteiger partial charge on any atom is -0.381 e. The van der Waals surface area contributed by atoms with Gasteiger partial charge in [0.05, 0.1) is 6.10 Å². The van der Waals surface area contributed by atoms with Crippen LogP contribution >= 0.6 is 0 Å². The predicted octanol–water partition coefficient (Wildman–Crippen LogP) is 9.30. The van der Waals surface area contributed by atoms with Crippen LogP contribution in [0.5, 0.6) is 0 Å². The molecule has 0 aliphatic heterocycles. The van der Waals surface area contributed by atoms with Gasteiger partial charge in [-0.05, 0) is 118 Å². The number of unbranched alkanes of at least 4 members (excludes halogenated alkanes) is 2. The Labute approximate surface area is 201 Å². The Kier molecular flexibility index (Phi) is 9.25. The van der Waals surface area contributed by atoms with Crippen LogP contribution in [0.25, 0.3) is 0 Å². The highest BCUT2D eigenvalue weighted by Gasteiger charge is 2.33. The summed E-state index contributed by atoms with van der Waals surface area (Å²) in [4.78, 5) is 0. The van der Waals surface area contributed by atoms with Gasteiger partial charge in [-0.25, -0.2) is 8.78 Å². The lowest BCUT2D eigenvalue weighted by atomic mass is 9.69. The highest BCUT2D eigenvalue weighted by atomic mass is 19.2. The molecule has 3 aliphatic carbocycles. The van der Waals surface area contributed by atoms with Crippen molar-refractivity contribution in [3.63, 3.8) is 0 Å². The van der Waals surface area contributed by atoms with Crippen molar-refractivity contribution in [2.45, 2.75) is 128 Å². The molecule has 0 saturated heterocycles. The third-order valence-electron chi connectivity index (χ3n) is 9.58. The molecule has 0 radical (unpaired) electrons. The third kappa shape index (κ3) is 6.19. The second-order valence-electron chi connectivity index (χ2n) is 11.5. The van der Waals surface area contributed by atoms with Crippen LogP contribution in [0.4, 0.5) is 8.78 Å². The summed E-state index contributed by atoms with van der Waals surface area (Å²) in [7, 11) is 1.83. The van der Waals surface area contributed by atoms with Crippen molar-refractivity contribution in [1.29, 1.82) is 0 Å². The maximum absolute atomic E-state index is 15.2. The molecule has 1 aromatic carbocycles. The standard InChI is InChI=1S/C30H46F2O/c1-3-4-5-6-21-7-9-24(10-8-21)27-19-20-28(30(32)29(27)31)25-13-11-22(12-14-25)23-15-17-26(33-2)18-16-23/h19-26H,3-18H2,1-2H3. The zero-order valence-electron chi connectivity index (χ0n) is 21.1. The van der Waals surface area contributed by atoms with Crippen molar-refractivity contribution in [3.8, 4) is 0 Å². The average molecular weight is 461 g/mol. The van der Waals surface area contributed by atoms with E-state index in [0.717, 1.165) is 56.3 Å². The Morgan fingerprint density at radius 1 is 0.697 bits per heavy atom. The second-order valence-corrected chi connectivity index (χ2v) is 11.5. The van der Waals surface area contributed by atoms with Gasteiger partial charge in [0.15, 0.2) is 11.6 Å². The summed E-state index contributed by atoms with van der Waals surface area (Å²) in [5, 5.41) is 0. The van der Waals surface area contributed by atoms with Crippen LogP contribution in [0, 0.1) is 29.4 Å². The van der Waals surface area contributed by atoms with Gasteiger partial charge in [0.2, 0.25) is 0 Å². The quantitative estimate of drug-likeness (QED) is 0.351. The molecular weight excluding hydrogens is 414 g/mol. The van der Waals surface area contributed by atoms with Gasteiger partial charge in [0.1, 0.15) is 0 Å². The summed E-state index contributed by atoms with van der Waals surface area (Å²) >= 11 is 0. The van der Waals surface area contributed by atoms with E-state index in [9.17, 15) is 0 Å². The molecule has 0 amide bonds. The van der Waals surface area contributed by atoms with E-state index in [2.05, 4.69) is 6.92 Å². The number of benzene rings is 1. The van der Waals surface area contributed by atoms with E-state index in [0.29, 0.717) is 17.2 Å². The van der Waals surface area contributed by atoms with Crippen molar-refractivity contribution in [3.05, 3.63) is 34.9 Å².